The summed E-state index contributed by atoms with van der Waals surface area (Å²) in [6.07, 6.45) is 0. The molecule has 1 atom stereocenters. The van der Waals surface area contributed by atoms with E-state index in [1.54, 1.807) is 12.1 Å². The summed E-state index contributed by atoms with van der Waals surface area (Å²) in [7, 11) is 0. The molecule has 1 aliphatic heterocycles. The van der Waals surface area contributed by atoms with Gasteiger partial charge in [-0.1, -0.05) is 45.2 Å². The number of ether oxygens (including phenoxy) is 2. The van der Waals surface area contributed by atoms with E-state index in [2.05, 4.69) is 15.9 Å². The van der Waals surface area contributed by atoms with Gasteiger partial charge in [0.2, 0.25) is 0 Å². The molecule has 2 aromatic rings. The first kappa shape index (κ1) is 14.1. The largest absolute Gasteiger partial charge is 0.486 e. The Morgan fingerprint density at radius 2 is 1.70 bits per heavy atom. The van der Waals surface area contributed by atoms with Crippen molar-refractivity contribution >= 4 is 39.1 Å². The minimum Gasteiger partial charge on any atom is -0.486 e. The minimum atomic E-state index is -0.0514. The predicted octanol–water partition coefficient (Wildman–Crippen LogP) is 5.25. The van der Waals surface area contributed by atoms with Crippen LogP contribution in [0.1, 0.15) is 16.0 Å². The highest BCUT2D eigenvalue weighted by Crippen LogP contribution is 2.40. The average molecular weight is 374 g/mol. The molecule has 0 fully saturated rings. The maximum Gasteiger partial charge on any atom is 0.161 e. The lowest BCUT2D eigenvalue weighted by Gasteiger charge is -2.20. The topological polar surface area (TPSA) is 18.5 Å². The van der Waals surface area contributed by atoms with Crippen molar-refractivity contribution in [3.05, 3.63) is 57.6 Å². The number of fused-ring (bicyclic) bond motifs is 1. The second kappa shape index (κ2) is 5.84. The standard InChI is InChI=1S/C15H11BrCl2O2/c16-15(11-8-10(17)2-3-12(11)18)9-1-4-13-14(7-9)20-6-5-19-13/h1-4,7-8,15H,5-6H2. The minimum absolute atomic E-state index is 0.0514. The van der Waals surface area contributed by atoms with Crippen molar-refractivity contribution in [3.63, 3.8) is 0 Å². The van der Waals surface area contributed by atoms with Crippen molar-refractivity contribution < 1.29 is 9.47 Å². The molecule has 5 heteroatoms. The van der Waals surface area contributed by atoms with Gasteiger partial charge < -0.3 is 9.47 Å². The summed E-state index contributed by atoms with van der Waals surface area (Å²) in [6.45, 7) is 1.16. The lowest BCUT2D eigenvalue weighted by atomic mass is 10.0. The van der Waals surface area contributed by atoms with Crippen molar-refractivity contribution in [2.75, 3.05) is 13.2 Å². The highest BCUT2D eigenvalue weighted by Gasteiger charge is 2.18. The van der Waals surface area contributed by atoms with Crippen LogP contribution in [-0.4, -0.2) is 13.2 Å². The second-order valence-electron chi connectivity index (χ2n) is 4.43. The Kier molecular flexibility index (Phi) is 4.11. The maximum atomic E-state index is 6.24. The summed E-state index contributed by atoms with van der Waals surface area (Å²) < 4.78 is 11.1. The highest BCUT2D eigenvalue weighted by molar-refractivity contribution is 9.09. The monoisotopic (exact) mass is 372 g/mol. The van der Waals surface area contributed by atoms with Crippen LogP contribution in [0.2, 0.25) is 10.0 Å². The van der Waals surface area contributed by atoms with E-state index in [9.17, 15) is 0 Å². The van der Waals surface area contributed by atoms with Gasteiger partial charge in [-0.3, -0.25) is 0 Å². The van der Waals surface area contributed by atoms with Crippen LogP contribution in [0.15, 0.2) is 36.4 Å². The van der Waals surface area contributed by atoms with E-state index in [1.165, 1.54) is 0 Å². The number of benzene rings is 2. The zero-order valence-corrected chi connectivity index (χ0v) is 13.5. The number of halogens is 3. The SMILES string of the molecule is Clc1ccc(Cl)c(C(Br)c2ccc3c(c2)OCCO3)c1. The molecule has 0 N–H and O–H groups in total. The molecule has 1 heterocycles. The van der Waals surface area contributed by atoms with Crippen LogP contribution in [0.25, 0.3) is 0 Å². The molecule has 1 aliphatic rings. The fourth-order valence-corrected chi connectivity index (χ4v) is 3.31. The van der Waals surface area contributed by atoms with Crippen LogP contribution in [0.4, 0.5) is 0 Å². The Morgan fingerprint density at radius 3 is 2.50 bits per heavy atom. The first-order valence-electron chi connectivity index (χ1n) is 6.14. The van der Waals surface area contributed by atoms with E-state index in [0.717, 1.165) is 22.6 Å². The third kappa shape index (κ3) is 2.76. The Labute approximate surface area is 135 Å². The van der Waals surface area contributed by atoms with Gasteiger partial charge in [-0.25, -0.2) is 0 Å². The number of hydrogen-bond donors (Lipinski definition) is 0. The molecule has 1 unspecified atom stereocenters. The van der Waals surface area contributed by atoms with Gasteiger partial charge in [0.1, 0.15) is 13.2 Å². The molecular weight excluding hydrogens is 363 g/mol. The predicted molar refractivity (Wildman–Crippen MR) is 84.7 cm³/mol. The molecule has 0 amide bonds. The van der Waals surface area contributed by atoms with E-state index < -0.39 is 0 Å². The second-order valence-corrected chi connectivity index (χ2v) is 6.19. The summed E-state index contributed by atoms with van der Waals surface area (Å²) >= 11 is 15.9. The van der Waals surface area contributed by atoms with E-state index in [-0.39, 0.29) is 4.83 Å². The van der Waals surface area contributed by atoms with E-state index >= 15 is 0 Å². The molecule has 0 aromatic heterocycles. The van der Waals surface area contributed by atoms with Crippen LogP contribution >= 0.6 is 39.1 Å². The molecule has 20 heavy (non-hydrogen) atoms. The van der Waals surface area contributed by atoms with Gasteiger partial charge in [-0.15, -0.1) is 0 Å². The Balaban J connectivity index is 1.97. The van der Waals surface area contributed by atoms with Crippen molar-refractivity contribution in [1.82, 2.24) is 0 Å². The molecule has 2 nitrogen and oxygen atoms in total. The molecule has 0 bridgehead atoms. The van der Waals surface area contributed by atoms with Gasteiger partial charge in [0.25, 0.3) is 0 Å². The lowest BCUT2D eigenvalue weighted by Crippen LogP contribution is -2.15. The van der Waals surface area contributed by atoms with Crippen molar-refractivity contribution in [2.24, 2.45) is 0 Å². The number of rotatable bonds is 2. The highest BCUT2D eigenvalue weighted by atomic mass is 79.9. The van der Waals surface area contributed by atoms with Crippen molar-refractivity contribution in [1.29, 1.82) is 0 Å². The molecule has 104 valence electrons. The third-order valence-electron chi connectivity index (χ3n) is 3.09. The van der Waals surface area contributed by atoms with Gasteiger partial charge >= 0.3 is 0 Å². The van der Waals surface area contributed by atoms with Gasteiger partial charge in [0.15, 0.2) is 11.5 Å². The van der Waals surface area contributed by atoms with Crippen molar-refractivity contribution in [3.8, 4) is 11.5 Å². The smallest absolute Gasteiger partial charge is 0.161 e. The number of hydrogen-bond acceptors (Lipinski definition) is 2. The zero-order chi connectivity index (χ0) is 14.1. The van der Waals surface area contributed by atoms with Crippen molar-refractivity contribution in [2.45, 2.75) is 4.83 Å². The van der Waals surface area contributed by atoms with E-state index in [1.807, 2.05) is 24.3 Å². The molecule has 0 aliphatic carbocycles. The van der Waals surface area contributed by atoms with Crippen LogP contribution < -0.4 is 9.47 Å². The molecule has 0 saturated carbocycles. The summed E-state index contributed by atoms with van der Waals surface area (Å²) in [5.41, 5.74) is 1.97. The summed E-state index contributed by atoms with van der Waals surface area (Å²) in [4.78, 5) is -0.0514. The van der Waals surface area contributed by atoms with Gasteiger partial charge in [-0.2, -0.15) is 0 Å². The Hall–Kier alpha value is -0.900. The normalized spacial score (nSPS) is 14.9. The molecular formula is C15H11BrCl2O2. The lowest BCUT2D eigenvalue weighted by molar-refractivity contribution is 0.171. The van der Waals surface area contributed by atoms with Gasteiger partial charge in [0.05, 0.1) is 4.83 Å². The first-order valence-corrected chi connectivity index (χ1v) is 7.81. The fourth-order valence-electron chi connectivity index (χ4n) is 2.11. The molecule has 0 radical (unpaired) electrons. The molecule has 0 saturated heterocycles. The van der Waals surface area contributed by atoms with Crippen LogP contribution in [0.5, 0.6) is 11.5 Å². The van der Waals surface area contributed by atoms with Gasteiger partial charge in [-0.05, 0) is 41.5 Å². The third-order valence-corrected chi connectivity index (χ3v) is 4.69. The fraction of sp³-hybridized carbons (Fsp3) is 0.200. The molecule has 3 rings (SSSR count). The maximum absolute atomic E-state index is 6.24. The van der Waals surface area contributed by atoms with Crippen LogP contribution in [0, 0.1) is 0 Å². The van der Waals surface area contributed by atoms with E-state index in [0.29, 0.717) is 23.3 Å². The number of alkyl halides is 1. The average Bonchev–Trinajstić information content (AvgIpc) is 2.48. The van der Waals surface area contributed by atoms with Crippen LogP contribution in [0.3, 0.4) is 0 Å². The van der Waals surface area contributed by atoms with Crippen LogP contribution in [-0.2, 0) is 0 Å². The molecule has 2 aromatic carbocycles. The summed E-state index contributed by atoms with van der Waals surface area (Å²) in [5, 5.41) is 1.33. The first-order chi connectivity index (χ1) is 9.65. The molecule has 0 spiro atoms. The van der Waals surface area contributed by atoms with E-state index in [4.69, 9.17) is 32.7 Å². The summed E-state index contributed by atoms with van der Waals surface area (Å²) in [6, 6.07) is 11.3. The summed E-state index contributed by atoms with van der Waals surface area (Å²) in [5.74, 6) is 1.54. The quantitative estimate of drug-likeness (QED) is 0.669. The Morgan fingerprint density at radius 1 is 0.950 bits per heavy atom. The Bertz CT molecular complexity index is 646. The van der Waals surface area contributed by atoms with Gasteiger partial charge in [0, 0.05) is 10.0 Å². The zero-order valence-electron chi connectivity index (χ0n) is 10.4.